The molecule has 0 aromatic heterocycles. The summed E-state index contributed by atoms with van der Waals surface area (Å²) < 4.78 is 0. The molecule has 2 aliphatic rings. The topological polar surface area (TPSA) is 38.7 Å². The van der Waals surface area contributed by atoms with Crippen LogP contribution in [0.25, 0.3) is 0 Å². The summed E-state index contributed by atoms with van der Waals surface area (Å²) >= 11 is 0. The smallest absolute Gasteiger partial charge is 0.0798 e. The molecule has 1 atom stereocenters. The Balaban J connectivity index is 1.83. The van der Waals surface area contributed by atoms with E-state index in [9.17, 15) is 5.11 Å². The minimum atomic E-state index is -0.445. The average Bonchev–Trinajstić information content (AvgIpc) is 2.29. The van der Waals surface area contributed by atoms with E-state index in [1.807, 2.05) is 0 Å². The Kier molecular flexibility index (Phi) is 4.42. The van der Waals surface area contributed by atoms with Gasteiger partial charge in [-0.3, -0.25) is 9.80 Å². The van der Waals surface area contributed by atoms with Crippen molar-refractivity contribution in [2.24, 2.45) is 0 Å². The summed E-state index contributed by atoms with van der Waals surface area (Å²) in [5.41, 5.74) is -0.445. The Labute approximate surface area is 105 Å². The zero-order valence-electron chi connectivity index (χ0n) is 11.3. The summed E-state index contributed by atoms with van der Waals surface area (Å²) in [6.45, 7) is 11.8. The maximum atomic E-state index is 10.5. The van der Waals surface area contributed by atoms with Crippen LogP contribution in [0.15, 0.2) is 0 Å². The minimum absolute atomic E-state index is 0.445. The van der Waals surface area contributed by atoms with E-state index in [1.165, 1.54) is 0 Å². The van der Waals surface area contributed by atoms with Gasteiger partial charge >= 0.3 is 0 Å². The van der Waals surface area contributed by atoms with Crippen molar-refractivity contribution in [2.45, 2.75) is 38.3 Å². The summed E-state index contributed by atoms with van der Waals surface area (Å²) in [7, 11) is 0. The molecule has 4 nitrogen and oxygen atoms in total. The quantitative estimate of drug-likeness (QED) is 0.736. The number of rotatable bonds is 3. The van der Waals surface area contributed by atoms with Crippen LogP contribution in [-0.2, 0) is 0 Å². The molecule has 0 aliphatic carbocycles. The number of likely N-dealkylation sites (N-methyl/N-ethyl adjacent to an activating group) is 1. The summed E-state index contributed by atoms with van der Waals surface area (Å²) in [6.07, 6.45) is 1.80. The van der Waals surface area contributed by atoms with Crippen LogP contribution in [0.4, 0.5) is 0 Å². The molecule has 2 N–H and O–H groups in total. The molecule has 0 saturated carbocycles. The van der Waals surface area contributed by atoms with E-state index in [0.29, 0.717) is 6.04 Å². The van der Waals surface area contributed by atoms with Gasteiger partial charge in [-0.15, -0.1) is 0 Å². The lowest BCUT2D eigenvalue weighted by Gasteiger charge is -2.43. The third-order valence-corrected chi connectivity index (χ3v) is 4.31. The maximum Gasteiger partial charge on any atom is 0.0798 e. The normalized spacial score (nSPS) is 31.6. The first kappa shape index (κ1) is 13.3. The number of hydrogen-bond acceptors (Lipinski definition) is 4. The van der Waals surface area contributed by atoms with E-state index < -0.39 is 5.60 Å². The molecular weight excluding hydrogens is 214 g/mol. The van der Waals surface area contributed by atoms with Crippen molar-refractivity contribution in [1.82, 2.24) is 15.1 Å². The molecule has 17 heavy (non-hydrogen) atoms. The lowest BCUT2D eigenvalue weighted by Crippen LogP contribution is -2.57. The van der Waals surface area contributed by atoms with Gasteiger partial charge in [0.1, 0.15) is 0 Å². The number of nitrogens with one attached hydrogen (secondary N) is 1. The fraction of sp³-hybridized carbons (Fsp3) is 1.00. The van der Waals surface area contributed by atoms with Crippen molar-refractivity contribution in [2.75, 3.05) is 45.8 Å². The first-order valence-corrected chi connectivity index (χ1v) is 7.02. The lowest BCUT2D eigenvalue weighted by molar-refractivity contribution is -0.0374. The van der Waals surface area contributed by atoms with Crippen LogP contribution in [0.5, 0.6) is 0 Å². The third-order valence-electron chi connectivity index (χ3n) is 4.31. The number of β-amino-alcohol motifs (C(OH)–C–C–N with tert-alkyl or cyclic N) is 1. The van der Waals surface area contributed by atoms with Gasteiger partial charge in [-0.2, -0.15) is 0 Å². The Morgan fingerprint density at radius 3 is 2.59 bits per heavy atom. The number of nitrogens with zero attached hydrogens (tertiary/aromatic N) is 2. The molecule has 2 aliphatic heterocycles. The largest absolute Gasteiger partial charge is 0.388 e. The van der Waals surface area contributed by atoms with Crippen LogP contribution in [-0.4, -0.2) is 72.4 Å². The fourth-order valence-corrected chi connectivity index (χ4v) is 3.15. The SMILES string of the molecule is CCN1CCN(CC2(O)CCNCC2)CC1C. The molecule has 2 heterocycles. The third kappa shape index (κ3) is 3.41. The van der Waals surface area contributed by atoms with Gasteiger partial charge in [0.25, 0.3) is 0 Å². The van der Waals surface area contributed by atoms with E-state index in [4.69, 9.17) is 0 Å². The molecule has 2 rings (SSSR count). The monoisotopic (exact) mass is 241 g/mol. The molecule has 100 valence electrons. The fourth-order valence-electron chi connectivity index (χ4n) is 3.15. The minimum Gasteiger partial charge on any atom is -0.388 e. The first-order chi connectivity index (χ1) is 8.13. The highest BCUT2D eigenvalue weighted by Gasteiger charge is 2.33. The Morgan fingerprint density at radius 1 is 1.29 bits per heavy atom. The zero-order valence-corrected chi connectivity index (χ0v) is 11.3. The summed E-state index contributed by atoms with van der Waals surface area (Å²) in [5.74, 6) is 0. The molecule has 0 bridgehead atoms. The molecule has 1 unspecified atom stereocenters. The van der Waals surface area contributed by atoms with Crippen LogP contribution in [0, 0.1) is 0 Å². The van der Waals surface area contributed by atoms with Crippen molar-refractivity contribution in [3.05, 3.63) is 0 Å². The van der Waals surface area contributed by atoms with Crippen molar-refractivity contribution >= 4 is 0 Å². The summed E-state index contributed by atoms with van der Waals surface area (Å²) in [6, 6.07) is 0.624. The molecule has 0 radical (unpaired) electrons. The molecule has 2 fully saturated rings. The Bertz CT molecular complexity index is 241. The van der Waals surface area contributed by atoms with Crippen molar-refractivity contribution in [3.8, 4) is 0 Å². The second-order valence-electron chi connectivity index (χ2n) is 5.69. The number of aliphatic hydroxyl groups is 1. The van der Waals surface area contributed by atoms with E-state index in [2.05, 4.69) is 29.0 Å². The van der Waals surface area contributed by atoms with Crippen molar-refractivity contribution in [3.63, 3.8) is 0 Å². The van der Waals surface area contributed by atoms with Gasteiger partial charge in [0.15, 0.2) is 0 Å². The van der Waals surface area contributed by atoms with Crippen molar-refractivity contribution in [1.29, 1.82) is 0 Å². The van der Waals surface area contributed by atoms with Crippen molar-refractivity contribution < 1.29 is 5.11 Å². The van der Waals surface area contributed by atoms with Crippen LogP contribution >= 0.6 is 0 Å². The highest BCUT2D eigenvalue weighted by atomic mass is 16.3. The van der Waals surface area contributed by atoms with Crippen LogP contribution < -0.4 is 5.32 Å². The Morgan fingerprint density at radius 2 is 2.00 bits per heavy atom. The summed E-state index contributed by atoms with van der Waals surface area (Å²) in [4.78, 5) is 4.96. The molecule has 4 heteroatoms. The van der Waals surface area contributed by atoms with Gasteiger partial charge in [0.2, 0.25) is 0 Å². The van der Waals surface area contributed by atoms with Crippen LogP contribution in [0.2, 0.25) is 0 Å². The maximum absolute atomic E-state index is 10.5. The predicted octanol–water partition coefficient (Wildman–Crippen LogP) is 0.127. The molecule has 0 amide bonds. The van der Waals surface area contributed by atoms with Crippen LogP contribution in [0.1, 0.15) is 26.7 Å². The predicted molar refractivity (Wildman–Crippen MR) is 70.2 cm³/mol. The van der Waals surface area contributed by atoms with Gasteiger partial charge in [0, 0.05) is 32.2 Å². The van der Waals surface area contributed by atoms with E-state index in [1.54, 1.807) is 0 Å². The average molecular weight is 241 g/mol. The second-order valence-corrected chi connectivity index (χ2v) is 5.69. The van der Waals surface area contributed by atoms with E-state index in [-0.39, 0.29) is 0 Å². The number of piperazine rings is 1. The van der Waals surface area contributed by atoms with Gasteiger partial charge < -0.3 is 10.4 Å². The first-order valence-electron chi connectivity index (χ1n) is 7.02. The zero-order chi connectivity index (χ0) is 12.3. The molecule has 0 aromatic carbocycles. The lowest BCUT2D eigenvalue weighted by atomic mass is 9.91. The van der Waals surface area contributed by atoms with E-state index >= 15 is 0 Å². The highest BCUT2D eigenvalue weighted by molar-refractivity contribution is 4.89. The molecule has 2 saturated heterocycles. The van der Waals surface area contributed by atoms with Crippen LogP contribution in [0.3, 0.4) is 0 Å². The second kappa shape index (κ2) is 5.65. The Hall–Kier alpha value is -0.160. The van der Waals surface area contributed by atoms with Gasteiger partial charge in [-0.25, -0.2) is 0 Å². The molecule has 0 spiro atoms. The molecular formula is C13H27N3O. The van der Waals surface area contributed by atoms with Gasteiger partial charge in [-0.1, -0.05) is 6.92 Å². The van der Waals surface area contributed by atoms with Gasteiger partial charge in [0.05, 0.1) is 5.60 Å². The molecule has 0 aromatic rings. The summed E-state index contributed by atoms with van der Waals surface area (Å²) in [5, 5.41) is 13.9. The van der Waals surface area contributed by atoms with Gasteiger partial charge in [-0.05, 0) is 39.4 Å². The van der Waals surface area contributed by atoms with E-state index in [0.717, 1.165) is 58.7 Å². The standard InChI is InChI=1S/C13H27N3O/c1-3-16-9-8-15(10-12(16)2)11-13(17)4-6-14-7-5-13/h12,14,17H,3-11H2,1-2H3. The number of piperidine rings is 1. The highest BCUT2D eigenvalue weighted by Crippen LogP contribution is 2.21. The number of hydrogen-bond donors (Lipinski definition) is 2.